The highest BCUT2D eigenvalue weighted by atomic mass is 35.5. The van der Waals surface area contributed by atoms with E-state index in [1.165, 1.54) is 22.8 Å². The summed E-state index contributed by atoms with van der Waals surface area (Å²) in [5.74, 6) is -0.252. The Morgan fingerprint density at radius 1 is 1.19 bits per heavy atom. The normalized spacial score (nSPS) is 11.6. The predicted octanol–water partition coefficient (Wildman–Crippen LogP) is 2.60. The van der Waals surface area contributed by atoms with Gasteiger partial charge in [-0.05, 0) is 18.9 Å². The summed E-state index contributed by atoms with van der Waals surface area (Å²) in [6, 6.07) is 4.16. The summed E-state index contributed by atoms with van der Waals surface area (Å²) in [4.78, 5) is 4.35. The van der Waals surface area contributed by atoms with E-state index in [-0.39, 0.29) is 56.3 Å². The summed E-state index contributed by atoms with van der Waals surface area (Å²) in [6.07, 6.45) is 0. The predicted molar refractivity (Wildman–Crippen MR) is 106 cm³/mol. The molecular formula is C16H21Cl2N5O3S. The Morgan fingerprint density at radius 2 is 1.74 bits per heavy atom. The Hall–Kier alpha value is -2.10. The van der Waals surface area contributed by atoms with Crippen molar-refractivity contribution >= 4 is 39.0 Å². The highest BCUT2D eigenvalue weighted by Gasteiger charge is 2.32. The molecule has 0 saturated carbocycles. The minimum Gasteiger partial charge on any atom is -0.393 e. The van der Waals surface area contributed by atoms with E-state index in [1.807, 2.05) is 0 Å². The number of rotatable bonds is 6. The number of nitrogens with two attached hydrogens (primary N) is 3. The van der Waals surface area contributed by atoms with Crippen LogP contribution in [-0.4, -0.2) is 18.0 Å². The summed E-state index contributed by atoms with van der Waals surface area (Å²) in [6.45, 7) is 5.59. The van der Waals surface area contributed by atoms with Crippen molar-refractivity contribution in [1.29, 1.82) is 0 Å². The second-order valence-corrected chi connectivity index (χ2v) is 8.37. The molecule has 0 bridgehead atoms. The first-order chi connectivity index (χ1) is 12.5. The number of hydrogen-bond acceptors (Lipinski definition) is 7. The lowest BCUT2D eigenvalue weighted by atomic mass is 10.1. The van der Waals surface area contributed by atoms with E-state index in [0.29, 0.717) is 0 Å². The number of imidazole rings is 1. The first-order valence-electron chi connectivity index (χ1n) is 8.00. The molecule has 0 aliphatic carbocycles. The molecule has 0 aliphatic rings. The van der Waals surface area contributed by atoms with Gasteiger partial charge in [0.25, 0.3) is 0 Å². The molecule has 27 heavy (non-hydrogen) atoms. The monoisotopic (exact) mass is 433 g/mol. The van der Waals surface area contributed by atoms with Crippen LogP contribution in [0.4, 0.5) is 0 Å². The van der Waals surface area contributed by atoms with Gasteiger partial charge in [0.1, 0.15) is 17.3 Å². The molecule has 0 radical (unpaired) electrons. The van der Waals surface area contributed by atoms with E-state index < -0.39 is 10.1 Å². The molecule has 0 atom stereocenters. The molecule has 0 amide bonds. The molecule has 1 heterocycles. The molecule has 1 aromatic carbocycles. The van der Waals surface area contributed by atoms with Gasteiger partial charge in [-0.3, -0.25) is 0 Å². The SMILES string of the molecule is CCn1c(C(N)=C(N)N)nc(C(C)C)c1S(=O)(=O)Oc1cc(Cl)cc(Cl)c1. The van der Waals surface area contributed by atoms with Crippen molar-refractivity contribution in [2.45, 2.75) is 38.3 Å². The Kier molecular flexibility index (Phi) is 6.18. The Balaban J connectivity index is 2.69. The van der Waals surface area contributed by atoms with Gasteiger partial charge in [0.15, 0.2) is 10.9 Å². The van der Waals surface area contributed by atoms with Crippen LogP contribution in [0.15, 0.2) is 29.0 Å². The highest BCUT2D eigenvalue weighted by Crippen LogP contribution is 2.31. The van der Waals surface area contributed by atoms with Crippen LogP contribution in [0.2, 0.25) is 10.0 Å². The van der Waals surface area contributed by atoms with Crippen LogP contribution < -0.4 is 21.4 Å². The smallest absolute Gasteiger partial charge is 0.357 e. The van der Waals surface area contributed by atoms with Crippen LogP contribution in [-0.2, 0) is 16.7 Å². The van der Waals surface area contributed by atoms with Crippen LogP contribution >= 0.6 is 23.2 Å². The van der Waals surface area contributed by atoms with E-state index in [1.54, 1.807) is 20.8 Å². The lowest BCUT2D eigenvalue weighted by molar-refractivity contribution is 0.471. The highest BCUT2D eigenvalue weighted by molar-refractivity contribution is 7.87. The standard InChI is InChI=1S/C16H21Cl2N5O3S/c1-4-23-15(12(19)14(20)21)22-13(8(2)3)16(23)27(24,25)26-11-6-9(17)5-10(18)7-11/h5-8H,4,19-21H2,1-3H3. The molecule has 6 N–H and O–H groups in total. The summed E-state index contributed by atoms with van der Waals surface area (Å²) in [5, 5.41) is 0.351. The molecule has 0 spiro atoms. The van der Waals surface area contributed by atoms with Crippen LogP contribution in [0.1, 0.15) is 38.2 Å². The molecule has 148 valence electrons. The second-order valence-electron chi connectivity index (χ2n) is 6.04. The van der Waals surface area contributed by atoms with E-state index >= 15 is 0 Å². The van der Waals surface area contributed by atoms with Gasteiger partial charge in [0.2, 0.25) is 0 Å². The van der Waals surface area contributed by atoms with E-state index in [2.05, 4.69) is 4.98 Å². The van der Waals surface area contributed by atoms with Crippen LogP contribution in [0, 0.1) is 0 Å². The summed E-state index contributed by atoms with van der Waals surface area (Å²) < 4.78 is 32.7. The number of benzene rings is 1. The molecule has 0 aliphatic heterocycles. The molecule has 8 nitrogen and oxygen atoms in total. The Bertz CT molecular complexity index is 975. The lowest BCUT2D eigenvalue weighted by Crippen LogP contribution is -2.21. The first kappa shape index (κ1) is 21.2. The summed E-state index contributed by atoms with van der Waals surface area (Å²) in [7, 11) is -4.28. The van der Waals surface area contributed by atoms with Crippen molar-refractivity contribution in [1.82, 2.24) is 9.55 Å². The average molecular weight is 434 g/mol. The molecule has 2 aromatic rings. The number of halogens is 2. The lowest BCUT2D eigenvalue weighted by Gasteiger charge is -2.13. The fourth-order valence-corrected chi connectivity index (χ4v) is 4.42. The second kappa shape index (κ2) is 7.87. The zero-order chi connectivity index (χ0) is 20.5. The van der Waals surface area contributed by atoms with Crippen molar-refractivity contribution in [3.8, 4) is 5.75 Å². The minimum absolute atomic E-state index is 0.00833. The molecular weight excluding hydrogens is 413 g/mol. The number of hydrogen-bond donors (Lipinski definition) is 3. The maximum Gasteiger partial charge on any atom is 0.357 e. The van der Waals surface area contributed by atoms with Gasteiger partial charge in [-0.15, -0.1) is 0 Å². The van der Waals surface area contributed by atoms with Crippen molar-refractivity contribution in [3.05, 3.63) is 45.6 Å². The third kappa shape index (κ3) is 4.42. The number of nitrogens with zero attached hydrogens (tertiary/aromatic N) is 2. The quantitative estimate of drug-likeness (QED) is 0.594. The Morgan fingerprint density at radius 3 is 2.19 bits per heavy atom. The van der Waals surface area contributed by atoms with E-state index in [0.717, 1.165) is 0 Å². The third-order valence-corrected chi connectivity index (χ3v) is 5.39. The van der Waals surface area contributed by atoms with Gasteiger partial charge in [0.05, 0.1) is 5.69 Å². The third-order valence-electron chi connectivity index (χ3n) is 3.64. The largest absolute Gasteiger partial charge is 0.393 e. The van der Waals surface area contributed by atoms with Gasteiger partial charge in [-0.2, -0.15) is 8.42 Å². The van der Waals surface area contributed by atoms with Crippen LogP contribution in [0.5, 0.6) is 5.75 Å². The van der Waals surface area contributed by atoms with E-state index in [9.17, 15) is 8.42 Å². The molecule has 1 aromatic heterocycles. The Labute approximate surface area is 168 Å². The maximum absolute atomic E-state index is 13.0. The first-order valence-corrected chi connectivity index (χ1v) is 10.2. The zero-order valence-electron chi connectivity index (χ0n) is 15.0. The van der Waals surface area contributed by atoms with Crippen molar-refractivity contribution < 1.29 is 12.6 Å². The van der Waals surface area contributed by atoms with Crippen LogP contribution in [0.3, 0.4) is 0 Å². The van der Waals surface area contributed by atoms with Gasteiger partial charge < -0.3 is 26.0 Å². The van der Waals surface area contributed by atoms with Crippen molar-refractivity contribution in [2.75, 3.05) is 0 Å². The maximum atomic E-state index is 13.0. The minimum atomic E-state index is -4.28. The van der Waals surface area contributed by atoms with E-state index in [4.69, 9.17) is 44.6 Å². The van der Waals surface area contributed by atoms with Gasteiger partial charge in [0, 0.05) is 28.7 Å². The molecule has 11 heteroatoms. The fraction of sp³-hybridized carbons (Fsp3) is 0.312. The molecule has 2 rings (SSSR count). The molecule has 0 unspecified atom stereocenters. The number of aromatic nitrogens is 2. The topological polar surface area (TPSA) is 139 Å². The van der Waals surface area contributed by atoms with Crippen molar-refractivity contribution in [3.63, 3.8) is 0 Å². The van der Waals surface area contributed by atoms with Crippen molar-refractivity contribution in [2.24, 2.45) is 17.2 Å². The van der Waals surface area contributed by atoms with Gasteiger partial charge in [-0.1, -0.05) is 37.0 Å². The average Bonchev–Trinajstić information content (AvgIpc) is 2.93. The zero-order valence-corrected chi connectivity index (χ0v) is 17.4. The summed E-state index contributed by atoms with van der Waals surface area (Å²) in [5.41, 5.74) is 17.3. The van der Waals surface area contributed by atoms with Gasteiger partial charge >= 0.3 is 10.1 Å². The van der Waals surface area contributed by atoms with Gasteiger partial charge in [-0.25, -0.2) is 4.98 Å². The summed E-state index contributed by atoms with van der Waals surface area (Å²) >= 11 is 11.8. The van der Waals surface area contributed by atoms with Crippen LogP contribution in [0.25, 0.3) is 5.70 Å². The molecule has 0 saturated heterocycles. The molecule has 0 fully saturated rings. The fourth-order valence-electron chi connectivity index (χ4n) is 2.47.